The zero-order valence-electron chi connectivity index (χ0n) is 11.0. The molecule has 0 aliphatic heterocycles. The maximum atomic E-state index is 12.0. The van der Waals surface area contributed by atoms with Crippen molar-refractivity contribution in [2.75, 3.05) is 11.1 Å². The van der Waals surface area contributed by atoms with E-state index in [2.05, 4.69) is 5.32 Å². The van der Waals surface area contributed by atoms with Crippen molar-refractivity contribution in [3.63, 3.8) is 0 Å². The first-order chi connectivity index (χ1) is 8.36. The number of para-hydroxylation sites is 1. The molecule has 0 bridgehead atoms. The van der Waals surface area contributed by atoms with E-state index in [1.807, 2.05) is 19.9 Å². The van der Waals surface area contributed by atoms with Gasteiger partial charge in [0.15, 0.2) is 9.84 Å². The Morgan fingerprint density at radius 3 is 2.44 bits per heavy atom. The molecule has 0 aromatic heterocycles. The molecule has 1 rings (SSSR count). The van der Waals surface area contributed by atoms with Gasteiger partial charge in [-0.1, -0.05) is 19.1 Å². The first-order valence-electron chi connectivity index (χ1n) is 6.09. The van der Waals surface area contributed by atoms with Crippen molar-refractivity contribution in [2.24, 2.45) is 0 Å². The third-order valence-corrected chi connectivity index (χ3v) is 4.65. The average molecular weight is 290 g/mol. The Bertz CT molecular complexity index is 486. The van der Waals surface area contributed by atoms with Gasteiger partial charge in [0.25, 0.3) is 0 Å². The van der Waals surface area contributed by atoms with Crippen LogP contribution in [0.3, 0.4) is 0 Å². The number of benzene rings is 1. The van der Waals surface area contributed by atoms with Crippen LogP contribution in [0.5, 0.6) is 0 Å². The number of alkyl halides is 1. The summed E-state index contributed by atoms with van der Waals surface area (Å²) in [5, 5.41) is 3.28. The first-order valence-corrected chi connectivity index (χ1v) is 8.18. The molecule has 0 saturated heterocycles. The second-order valence-corrected chi connectivity index (χ2v) is 7.45. The summed E-state index contributed by atoms with van der Waals surface area (Å²) >= 11 is 5.94. The standard InChI is InChI=1S/C13H20ClNO2S/c1-4-18(16,17)13-8-6-5-7-12(13)15-11(3)9-10(2)14/h5-8,10-11,15H,4,9H2,1-3H3. The second kappa shape index (κ2) is 6.43. The van der Waals surface area contributed by atoms with Crippen LogP contribution in [-0.4, -0.2) is 25.6 Å². The van der Waals surface area contributed by atoms with E-state index in [0.29, 0.717) is 10.6 Å². The van der Waals surface area contributed by atoms with E-state index >= 15 is 0 Å². The summed E-state index contributed by atoms with van der Waals surface area (Å²) in [4.78, 5) is 0.363. The molecule has 2 atom stereocenters. The van der Waals surface area contributed by atoms with Crippen molar-refractivity contribution >= 4 is 27.1 Å². The van der Waals surface area contributed by atoms with Gasteiger partial charge >= 0.3 is 0 Å². The molecule has 1 aromatic rings. The number of sulfone groups is 1. The SMILES string of the molecule is CCS(=O)(=O)c1ccccc1NC(C)CC(C)Cl. The van der Waals surface area contributed by atoms with E-state index in [1.54, 1.807) is 25.1 Å². The van der Waals surface area contributed by atoms with Gasteiger partial charge < -0.3 is 5.32 Å². The number of hydrogen-bond donors (Lipinski definition) is 1. The van der Waals surface area contributed by atoms with Gasteiger partial charge in [0.1, 0.15) is 0 Å². The molecule has 0 aliphatic carbocycles. The van der Waals surface area contributed by atoms with Crippen LogP contribution in [0.1, 0.15) is 27.2 Å². The molecule has 0 saturated carbocycles. The highest BCUT2D eigenvalue weighted by atomic mass is 35.5. The van der Waals surface area contributed by atoms with E-state index in [-0.39, 0.29) is 17.2 Å². The van der Waals surface area contributed by atoms with Gasteiger partial charge in [0.2, 0.25) is 0 Å². The monoisotopic (exact) mass is 289 g/mol. The van der Waals surface area contributed by atoms with Gasteiger partial charge in [-0.2, -0.15) is 0 Å². The molecule has 2 unspecified atom stereocenters. The van der Waals surface area contributed by atoms with Crippen molar-refractivity contribution in [1.82, 2.24) is 0 Å². The highest BCUT2D eigenvalue weighted by molar-refractivity contribution is 7.91. The Hall–Kier alpha value is -0.740. The van der Waals surface area contributed by atoms with E-state index in [9.17, 15) is 8.42 Å². The Balaban J connectivity index is 2.97. The van der Waals surface area contributed by atoms with Gasteiger partial charge in [0.05, 0.1) is 16.3 Å². The molecule has 1 aromatic carbocycles. The minimum atomic E-state index is -3.20. The normalized spacial score (nSPS) is 15.1. The topological polar surface area (TPSA) is 46.2 Å². The van der Waals surface area contributed by atoms with Gasteiger partial charge in [-0.15, -0.1) is 11.6 Å². The number of hydrogen-bond acceptors (Lipinski definition) is 3. The highest BCUT2D eigenvalue weighted by Gasteiger charge is 2.17. The Labute approximate surface area is 114 Å². The summed E-state index contributed by atoms with van der Waals surface area (Å²) in [5.74, 6) is 0.103. The van der Waals surface area contributed by atoms with Crippen LogP contribution in [-0.2, 0) is 9.84 Å². The van der Waals surface area contributed by atoms with Crippen molar-refractivity contribution < 1.29 is 8.42 Å². The number of nitrogens with one attached hydrogen (secondary N) is 1. The van der Waals surface area contributed by atoms with Gasteiger partial charge in [0, 0.05) is 11.4 Å². The van der Waals surface area contributed by atoms with Gasteiger partial charge in [-0.3, -0.25) is 0 Å². The van der Waals surface area contributed by atoms with Crippen LogP contribution in [0.25, 0.3) is 0 Å². The lowest BCUT2D eigenvalue weighted by Gasteiger charge is -2.18. The number of rotatable bonds is 6. The van der Waals surface area contributed by atoms with Crippen LogP contribution < -0.4 is 5.32 Å². The van der Waals surface area contributed by atoms with Crippen molar-refractivity contribution in [3.8, 4) is 0 Å². The predicted molar refractivity (Wildman–Crippen MR) is 77.2 cm³/mol. The molecule has 1 N–H and O–H groups in total. The second-order valence-electron chi connectivity index (χ2n) is 4.46. The molecule has 102 valence electrons. The lowest BCUT2D eigenvalue weighted by Crippen LogP contribution is -2.20. The highest BCUT2D eigenvalue weighted by Crippen LogP contribution is 2.23. The lowest BCUT2D eigenvalue weighted by molar-refractivity contribution is 0.597. The maximum Gasteiger partial charge on any atom is 0.180 e. The van der Waals surface area contributed by atoms with Crippen LogP contribution in [0.4, 0.5) is 5.69 Å². The summed E-state index contributed by atoms with van der Waals surface area (Å²) in [5.41, 5.74) is 0.657. The number of halogens is 1. The Morgan fingerprint density at radius 1 is 1.28 bits per heavy atom. The van der Waals surface area contributed by atoms with E-state index in [1.165, 1.54) is 0 Å². The third kappa shape index (κ3) is 4.18. The van der Waals surface area contributed by atoms with Crippen LogP contribution in [0.15, 0.2) is 29.2 Å². The van der Waals surface area contributed by atoms with Crippen molar-refractivity contribution in [1.29, 1.82) is 0 Å². The zero-order valence-corrected chi connectivity index (χ0v) is 12.6. The fourth-order valence-electron chi connectivity index (χ4n) is 1.82. The smallest absolute Gasteiger partial charge is 0.180 e. The maximum absolute atomic E-state index is 12.0. The molecule has 0 spiro atoms. The molecule has 5 heteroatoms. The molecule has 0 fully saturated rings. The largest absolute Gasteiger partial charge is 0.381 e. The summed E-state index contributed by atoms with van der Waals surface area (Å²) < 4.78 is 23.9. The molecule has 0 amide bonds. The summed E-state index contributed by atoms with van der Waals surface area (Å²) in [6, 6.07) is 7.12. The van der Waals surface area contributed by atoms with Crippen LogP contribution >= 0.6 is 11.6 Å². The van der Waals surface area contributed by atoms with Crippen molar-refractivity contribution in [3.05, 3.63) is 24.3 Å². The van der Waals surface area contributed by atoms with E-state index < -0.39 is 9.84 Å². The molecule has 3 nitrogen and oxygen atoms in total. The molecule has 0 aliphatic rings. The summed E-state index contributed by atoms with van der Waals surface area (Å²) in [7, 11) is -3.20. The quantitative estimate of drug-likeness (QED) is 0.817. The zero-order chi connectivity index (χ0) is 13.8. The fourth-order valence-corrected chi connectivity index (χ4v) is 3.15. The minimum absolute atomic E-state index is 0.0578. The van der Waals surface area contributed by atoms with Crippen molar-refractivity contribution in [2.45, 2.75) is 43.5 Å². The summed E-state index contributed by atoms with van der Waals surface area (Å²) in [6.45, 7) is 5.57. The lowest BCUT2D eigenvalue weighted by atomic mass is 10.2. The van der Waals surface area contributed by atoms with Gasteiger partial charge in [-0.05, 0) is 32.4 Å². The summed E-state index contributed by atoms with van der Waals surface area (Å²) in [6.07, 6.45) is 0.780. The molecular weight excluding hydrogens is 270 g/mol. The van der Waals surface area contributed by atoms with E-state index in [4.69, 9.17) is 11.6 Å². The molecule has 0 heterocycles. The van der Waals surface area contributed by atoms with Crippen LogP contribution in [0, 0.1) is 0 Å². The Kier molecular flexibility index (Phi) is 5.47. The average Bonchev–Trinajstić information content (AvgIpc) is 2.28. The van der Waals surface area contributed by atoms with E-state index in [0.717, 1.165) is 6.42 Å². The predicted octanol–water partition coefficient (Wildman–Crippen LogP) is 3.30. The first kappa shape index (κ1) is 15.3. The fraction of sp³-hybridized carbons (Fsp3) is 0.538. The third-order valence-electron chi connectivity index (χ3n) is 2.68. The van der Waals surface area contributed by atoms with Gasteiger partial charge in [-0.25, -0.2) is 8.42 Å². The Morgan fingerprint density at radius 2 is 1.89 bits per heavy atom. The molecule has 0 radical (unpaired) electrons. The van der Waals surface area contributed by atoms with Crippen LogP contribution in [0.2, 0.25) is 0 Å². The molecule has 18 heavy (non-hydrogen) atoms. The number of anilines is 1. The minimum Gasteiger partial charge on any atom is -0.381 e. The molecular formula is C13H20ClNO2S.